The molecule has 0 aliphatic carbocycles. The lowest BCUT2D eigenvalue weighted by atomic mass is 9.88. The Morgan fingerprint density at radius 2 is 2.27 bits per heavy atom. The molecule has 0 atom stereocenters. The van der Waals surface area contributed by atoms with Crippen molar-refractivity contribution in [2.24, 2.45) is 5.41 Å². The lowest BCUT2D eigenvalue weighted by Crippen LogP contribution is -2.49. The van der Waals surface area contributed by atoms with Crippen molar-refractivity contribution in [1.82, 2.24) is 5.32 Å². The number of nitrogens with zero attached hydrogens (tertiary/aromatic N) is 1. The first-order valence-electron chi connectivity index (χ1n) is 3.91. The number of hydrogen-bond acceptors (Lipinski definition) is 3. The molecule has 0 amide bonds. The summed E-state index contributed by atoms with van der Waals surface area (Å²) >= 11 is 0. The monoisotopic (exact) mass is 154 g/mol. The van der Waals surface area contributed by atoms with Crippen LogP contribution in [0.5, 0.6) is 0 Å². The summed E-state index contributed by atoms with van der Waals surface area (Å²) in [5.41, 5.74) is -0.232. The number of nitrogens with one attached hydrogen (secondary N) is 1. The summed E-state index contributed by atoms with van der Waals surface area (Å²) in [5.74, 6) is 0. The van der Waals surface area contributed by atoms with E-state index in [1.54, 1.807) is 0 Å². The lowest BCUT2D eigenvalue weighted by Gasteiger charge is -2.35. The van der Waals surface area contributed by atoms with Crippen LogP contribution in [0.1, 0.15) is 13.8 Å². The van der Waals surface area contributed by atoms with Gasteiger partial charge in [-0.3, -0.25) is 0 Å². The molecule has 1 aliphatic heterocycles. The highest BCUT2D eigenvalue weighted by atomic mass is 16.5. The first-order chi connectivity index (χ1) is 5.18. The molecule has 0 spiro atoms. The number of nitriles is 1. The first kappa shape index (κ1) is 8.51. The number of hydrogen-bond donors (Lipinski definition) is 1. The minimum Gasteiger partial charge on any atom is -0.378 e. The normalized spacial score (nSPS) is 20.9. The molecular weight excluding hydrogens is 140 g/mol. The van der Waals surface area contributed by atoms with Crippen LogP contribution in [0.2, 0.25) is 0 Å². The van der Waals surface area contributed by atoms with Crippen LogP contribution in [0.3, 0.4) is 0 Å². The van der Waals surface area contributed by atoms with E-state index in [0.717, 1.165) is 6.54 Å². The first-order valence-corrected chi connectivity index (χ1v) is 3.91. The predicted molar refractivity (Wildman–Crippen MR) is 42.0 cm³/mol. The fourth-order valence-corrected chi connectivity index (χ4v) is 0.954. The fraction of sp³-hybridized carbons (Fsp3) is 0.875. The highest BCUT2D eigenvalue weighted by Gasteiger charge is 2.38. The van der Waals surface area contributed by atoms with Crippen LogP contribution in [-0.4, -0.2) is 25.8 Å². The van der Waals surface area contributed by atoms with Crippen molar-refractivity contribution in [3.8, 4) is 6.07 Å². The third-order valence-electron chi connectivity index (χ3n) is 1.84. The van der Waals surface area contributed by atoms with Crippen LogP contribution < -0.4 is 5.32 Å². The van der Waals surface area contributed by atoms with Crippen LogP contribution in [0.25, 0.3) is 0 Å². The topological polar surface area (TPSA) is 45.0 Å². The van der Waals surface area contributed by atoms with Crippen LogP contribution in [0, 0.1) is 16.7 Å². The third-order valence-corrected chi connectivity index (χ3v) is 1.84. The van der Waals surface area contributed by atoms with E-state index in [1.807, 2.05) is 0 Å². The Morgan fingerprint density at radius 1 is 1.64 bits per heavy atom. The second-order valence-electron chi connectivity index (χ2n) is 3.42. The molecule has 3 nitrogen and oxygen atoms in total. The molecule has 1 heterocycles. The largest absolute Gasteiger partial charge is 0.378 e. The van der Waals surface area contributed by atoms with Gasteiger partial charge in [-0.2, -0.15) is 5.26 Å². The van der Waals surface area contributed by atoms with Gasteiger partial charge in [0, 0.05) is 12.6 Å². The smallest absolute Gasteiger partial charge is 0.116 e. The molecule has 1 saturated heterocycles. The summed E-state index contributed by atoms with van der Waals surface area (Å²) < 4.78 is 5.00. The number of ether oxygens (including phenoxy) is 1. The van der Waals surface area contributed by atoms with E-state index >= 15 is 0 Å². The Labute approximate surface area is 67.3 Å². The zero-order chi connectivity index (χ0) is 8.32. The quantitative estimate of drug-likeness (QED) is 0.644. The van der Waals surface area contributed by atoms with Crippen LogP contribution in [0.4, 0.5) is 0 Å². The Bertz CT molecular complexity index is 167. The SMILES string of the molecule is CC(C)NCC1(C#N)COC1. The van der Waals surface area contributed by atoms with Crippen molar-refractivity contribution >= 4 is 0 Å². The fourth-order valence-electron chi connectivity index (χ4n) is 0.954. The van der Waals surface area contributed by atoms with Gasteiger partial charge in [-0.1, -0.05) is 13.8 Å². The second kappa shape index (κ2) is 3.21. The highest BCUT2D eigenvalue weighted by Crippen LogP contribution is 2.25. The molecule has 62 valence electrons. The average Bonchev–Trinajstić information content (AvgIpc) is 1.86. The van der Waals surface area contributed by atoms with Gasteiger partial charge in [0.15, 0.2) is 0 Å². The Balaban J connectivity index is 2.29. The molecular formula is C8H14N2O. The van der Waals surface area contributed by atoms with Crippen molar-refractivity contribution < 1.29 is 4.74 Å². The predicted octanol–water partition coefficient (Wildman–Crippen LogP) is 0.525. The van der Waals surface area contributed by atoms with Gasteiger partial charge in [0.05, 0.1) is 19.3 Å². The van der Waals surface area contributed by atoms with E-state index in [-0.39, 0.29) is 5.41 Å². The van der Waals surface area contributed by atoms with Crippen molar-refractivity contribution in [2.75, 3.05) is 19.8 Å². The van der Waals surface area contributed by atoms with Crippen molar-refractivity contribution in [3.05, 3.63) is 0 Å². The third kappa shape index (κ3) is 1.92. The molecule has 0 aromatic carbocycles. The van der Waals surface area contributed by atoms with Crippen LogP contribution in [0.15, 0.2) is 0 Å². The minimum absolute atomic E-state index is 0.232. The molecule has 0 unspecified atom stereocenters. The lowest BCUT2D eigenvalue weighted by molar-refractivity contribution is -0.0760. The van der Waals surface area contributed by atoms with E-state index in [4.69, 9.17) is 10.00 Å². The summed E-state index contributed by atoms with van der Waals surface area (Å²) in [6.45, 7) is 6.07. The van der Waals surface area contributed by atoms with E-state index in [1.165, 1.54) is 0 Å². The Morgan fingerprint density at radius 3 is 2.55 bits per heavy atom. The van der Waals surface area contributed by atoms with Gasteiger partial charge in [0.25, 0.3) is 0 Å². The summed E-state index contributed by atoms with van der Waals surface area (Å²) in [6, 6.07) is 2.73. The van der Waals surface area contributed by atoms with Gasteiger partial charge in [-0.25, -0.2) is 0 Å². The van der Waals surface area contributed by atoms with Gasteiger partial charge >= 0.3 is 0 Å². The van der Waals surface area contributed by atoms with Crippen LogP contribution in [-0.2, 0) is 4.74 Å². The van der Waals surface area contributed by atoms with Gasteiger partial charge < -0.3 is 10.1 Å². The summed E-state index contributed by atoms with van der Waals surface area (Å²) in [4.78, 5) is 0. The van der Waals surface area contributed by atoms with Crippen molar-refractivity contribution in [2.45, 2.75) is 19.9 Å². The maximum Gasteiger partial charge on any atom is 0.116 e. The van der Waals surface area contributed by atoms with Gasteiger partial charge in [0.1, 0.15) is 5.41 Å². The van der Waals surface area contributed by atoms with Gasteiger partial charge in [-0.15, -0.1) is 0 Å². The van der Waals surface area contributed by atoms with E-state index < -0.39 is 0 Å². The highest BCUT2D eigenvalue weighted by molar-refractivity contribution is 5.05. The molecule has 0 bridgehead atoms. The van der Waals surface area contributed by atoms with E-state index in [2.05, 4.69) is 25.2 Å². The number of rotatable bonds is 3. The molecule has 1 fully saturated rings. The molecule has 0 aromatic heterocycles. The molecule has 11 heavy (non-hydrogen) atoms. The van der Waals surface area contributed by atoms with Gasteiger partial charge in [0.2, 0.25) is 0 Å². The van der Waals surface area contributed by atoms with Crippen molar-refractivity contribution in [3.63, 3.8) is 0 Å². The van der Waals surface area contributed by atoms with E-state index in [0.29, 0.717) is 19.3 Å². The van der Waals surface area contributed by atoms with Crippen molar-refractivity contribution in [1.29, 1.82) is 5.26 Å². The summed E-state index contributed by atoms with van der Waals surface area (Å²) in [6.07, 6.45) is 0. The van der Waals surface area contributed by atoms with E-state index in [9.17, 15) is 0 Å². The summed E-state index contributed by atoms with van der Waals surface area (Å²) in [5, 5.41) is 12.0. The summed E-state index contributed by atoms with van der Waals surface area (Å²) in [7, 11) is 0. The van der Waals surface area contributed by atoms with Crippen LogP contribution >= 0.6 is 0 Å². The molecule has 1 aliphatic rings. The molecule has 1 N–H and O–H groups in total. The Hall–Kier alpha value is -0.590. The van der Waals surface area contributed by atoms with Gasteiger partial charge in [-0.05, 0) is 0 Å². The molecule has 0 radical (unpaired) electrons. The average molecular weight is 154 g/mol. The maximum atomic E-state index is 8.78. The second-order valence-corrected chi connectivity index (χ2v) is 3.42. The Kier molecular flexibility index (Phi) is 2.48. The molecule has 1 rings (SSSR count). The standard InChI is InChI=1S/C8H14N2O/c1-7(2)10-4-8(3-9)5-11-6-8/h7,10H,4-6H2,1-2H3. The zero-order valence-electron chi connectivity index (χ0n) is 7.05. The maximum absolute atomic E-state index is 8.78. The minimum atomic E-state index is -0.232. The molecule has 0 saturated carbocycles. The zero-order valence-corrected chi connectivity index (χ0v) is 7.05. The molecule has 3 heteroatoms. The molecule has 0 aromatic rings.